The summed E-state index contributed by atoms with van der Waals surface area (Å²) in [5, 5.41) is 6.13. The third-order valence-electron chi connectivity index (χ3n) is 3.18. The van der Waals surface area contributed by atoms with Crippen molar-refractivity contribution in [1.82, 2.24) is 10.2 Å². The molecule has 7 heteroatoms. The molecule has 0 saturated heterocycles. The molecule has 0 aliphatic carbocycles. The van der Waals surface area contributed by atoms with Gasteiger partial charge in [0, 0.05) is 24.0 Å². The molecule has 0 saturated carbocycles. The summed E-state index contributed by atoms with van der Waals surface area (Å²) < 4.78 is 26.6. The second-order valence-corrected chi connectivity index (χ2v) is 6.60. The standard InChI is InChI=1S/C14H20N4O2S/c1-4-18(11(2)3)13-7-5-12(6-8-13)17-21(19,20)14-9-10-15-16-14/h5-11,17H,4H2,1-3H3,(H,15,16). The van der Waals surface area contributed by atoms with Crippen molar-refractivity contribution >= 4 is 21.4 Å². The highest BCUT2D eigenvalue weighted by Crippen LogP contribution is 2.21. The number of benzene rings is 1. The SMILES string of the molecule is CCN(c1ccc(NS(=O)(=O)c2ccn[nH]2)cc1)C(C)C. The second-order valence-electron chi connectivity index (χ2n) is 4.95. The van der Waals surface area contributed by atoms with Crippen molar-refractivity contribution in [2.24, 2.45) is 0 Å². The molecule has 0 amide bonds. The van der Waals surface area contributed by atoms with Crippen LogP contribution < -0.4 is 9.62 Å². The van der Waals surface area contributed by atoms with Crippen LogP contribution in [0.5, 0.6) is 0 Å². The van der Waals surface area contributed by atoms with Gasteiger partial charge in [-0.05, 0) is 51.1 Å². The summed E-state index contributed by atoms with van der Waals surface area (Å²) in [7, 11) is -3.61. The van der Waals surface area contributed by atoms with E-state index < -0.39 is 10.0 Å². The minimum absolute atomic E-state index is 0.0453. The maximum atomic E-state index is 12.1. The number of sulfonamides is 1. The number of H-pyrrole nitrogens is 1. The van der Waals surface area contributed by atoms with Crippen molar-refractivity contribution in [3.05, 3.63) is 36.5 Å². The number of hydrogen-bond acceptors (Lipinski definition) is 4. The fourth-order valence-corrected chi connectivity index (χ4v) is 3.14. The van der Waals surface area contributed by atoms with Crippen molar-refractivity contribution in [3.8, 4) is 0 Å². The van der Waals surface area contributed by atoms with Crippen molar-refractivity contribution in [2.75, 3.05) is 16.2 Å². The first kappa shape index (κ1) is 15.4. The second kappa shape index (κ2) is 6.17. The van der Waals surface area contributed by atoms with E-state index in [1.165, 1.54) is 12.3 Å². The van der Waals surface area contributed by atoms with Crippen molar-refractivity contribution in [2.45, 2.75) is 31.8 Å². The highest BCUT2D eigenvalue weighted by atomic mass is 32.2. The Kier molecular flexibility index (Phi) is 4.52. The molecule has 1 aromatic heterocycles. The summed E-state index contributed by atoms with van der Waals surface area (Å²) in [6, 6.07) is 9.14. The third kappa shape index (κ3) is 3.55. The summed E-state index contributed by atoms with van der Waals surface area (Å²) in [6.45, 7) is 7.24. The van der Waals surface area contributed by atoms with Crippen LogP contribution >= 0.6 is 0 Å². The Labute approximate surface area is 125 Å². The molecule has 21 heavy (non-hydrogen) atoms. The van der Waals surface area contributed by atoms with E-state index in [2.05, 4.69) is 40.6 Å². The highest BCUT2D eigenvalue weighted by Gasteiger charge is 2.15. The van der Waals surface area contributed by atoms with E-state index in [0.29, 0.717) is 11.7 Å². The molecular weight excluding hydrogens is 288 g/mol. The van der Waals surface area contributed by atoms with E-state index in [4.69, 9.17) is 0 Å². The van der Waals surface area contributed by atoms with Crippen LogP contribution in [0.1, 0.15) is 20.8 Å². The van der Waals surface area contributed by atoms with Gasteiger partial charge in [0.2, 0.25) is 0 Å². The predicted molar refractivity (Wildman–Crippen MR) is 84.0 cm³/mol. The number of anilines is 2. The van der Waals surface area contributed by atoms with Gasteiger partial charge in [-0.2, -0.15) is 13.5 Å². The molecule has 0 unspecified atom stereocenters. The number of nitrogens with one attached hydrogen (secondary N) is 2. The molecule has 0 atom stereocenters. The van der Waals surface area contributed by atoms with Crippen molar-refractivity contribution < 1.29 is 8.42 Å². The zero-order chi connectivity index (χ0) is 15.5. The smallest absolute Gasteiger partial charge is 0.278 e. The average Bonchev–Trinajstić information content (AvgIpc) is 2.95. The van der Waals surface area contributed by atoms with Gasteiger partial charge < -0.3 is 4.90 Å². The first-order valence-corrected chi connectivity index (χ1v) is 8.31. The Morgan fingerprint density at radius 3 is 2.38 bits per heavy atom. The van der Waals surface area contributed by atoms with E-state index in [-0.39, 0.29) is 5.03 Å². The van der Waals surface area contributed by atoms with Crippen LogP contribution in [0.2, 0.25) is 0 Å². The van der Waals surface area contributed by atoms with Gasteiger partial charge >= 0.3 is 0 Å². The summed E-state index contributed by atoms with van der Waals surface area (Å²) in [6.07, 6.45) is 1.40. The Hall–Kier alpha value is -2.02. The van der Waals surface area contributed by atoms with E-state index in [1.54, 1.807) is 12.1 Å². The molecule has 6 nitrogen and oxygen atoms in total. The first-order valence-electron chi connectivity index (χ1n) is 6.83. The normalized spacial score (nSPS) is 11.6. The van der Waals surface area contributed by atoms with Gasteiger partial charge in [0.15, 0.2) is 5.03 Å². The van der Waals surface area contributed by atoms with Crippen LogP contribution in [0.15, 0.2) is 41.6 Å². The topological polar surface area (TPSA) is 78.1 Å². The summed E-state index contributed by atoms with van der Waals surface area (Å²) in [5.41, 5.74) is 1.59. The van der Waals surface area contributed by atoms with Gasteiger partial charge in [-0.15, -0.1) is 0 Å². The van der Waals surface area contributed by atoms with E-state index in [9.17, 15) is 8.42 Å². The van der Waals surface area contributed by atoms with Gasteiger partial charge in [-0.3, -0.25) is 9.82 Å². The van der Waals surface area contributed by atoms with Crippen LogP contribution in [-0.2, 0) is 10.0 Å². The van der Waals surface area contributed by atoms with E-state index in [1.807, 2.05) is 12.1 Å². The highest BCUT2D eigenvalue weighted by molar-refractivity contribution is 7.92. The fraction of sp³-hybridized carbons (Fsp3) is 0.357. The Morgan fingerprint density at radius 2 is 1.90 bits per heavy atom. The maximum absolute atomic E-state index is 12.1. The van der Waals surface area contributed by atoms with Gasteiger partial charge in [-0.1, -0.05) is 0 Å². The zero-order valence-corrected chi connectivity index (χ0v) is 13.2. The van der Waals surface area contributed by atoms with E-state index in [0.717, 1.165) is 12.2 Å². The molecule has 2 aromatic rings. The summed E-state index contributed by atoms with van der Waals surface area (Å²) in [4.78, 5) is 2.23. The Balaban J connectivity index is 2.17. The number of hydrogen-bond donors (Lipinski definition) is 2. The monoisotopic (exact) mass is 308 g/mol. The van der Waals surface area contributed by atoms with Crippen LogP contribution in [0.4, 0.5) is 11.4 Å². The largest absolute Gasteiger partial charge is 0.369 e. The molecule has 2 rings (SSSR count). The molecule has 0 aliphatic heterocycles. The molecule has 1 heterocycles. The zero-order valence-electron chi connectivity index (χ0n) is 12.4. The lowest BCUT2D eigenvalue weighted by Crippen LogP contribution is -2.30. The molecule has 0 bridgehead atoms. The molecule has 2 N–H and O–H groups in total. The molecule has 1 aromatic carbocycles. The molecule has 0 spiro atoms. The quantitative estimate of drug-likeness (QED) is 0.859. The molecule has 0 aliphatic rings. The van der Waals surface area contributed by atoms with Crippen LogP contribution in [0.25, 0.3) is 0 Å². The minimum atomic E-state index is -3.61. The van der Waals surface area contributed by atoms with Crippen LogP contribution in [0.3, 0.4) is 0 Å². The Bertz CT molecular complexity index is 664. The lowest BCUT2D eigenvalue weighted by molar-refractivity contribution is 0.597. The van der Waals surface area contributed by atoms with E-state index >= 15 is 0 Å². The average molecular weight is 308 g/mol. The molecule has 0 fully saturated rings. The number of aromatic nitrogens is 2. The van der Waals surface area contributed by atoms with Gasteiger partial charge in [0.25, 0.3) is 10.0 Å². The maximum Gasteiger partial charge on any atom is 0.278 e. The lowest BCUT2D eigenvalue weighted by Gasteiger charge is -2.27. The van der Waals surface area contributed by atoms with Crippen molar-refractivity contribution in [3.63, 3.8) is 0 Å². The predicted octanol–water partition coefficient (Wildman–Crippen LogP) is 2.45. The minimum Gasteiger partial charge on any atom is -0.369 e. The number of aromatic amines is 1. The lowest BCUT2D eigenvalue weighted by atomic mass is 10.2. The Morgan fingerprint density at radius 1 is 1.24 bits per heavy atom. The number of rotatable bonds is 6. The number of nitrogens with zero attached hydrogens (tertiary/aromatic N) is 2. The van der Waals surface area contributed by atoms with Crippen LogP contribution in [-0.4, -0.2) is 31.2 Å². The fourth-order valence-electron chi connectivity index (χ4n) is 2.17. The van der Waals surface area contributed by atoms with Gasteiger partial charge in [-0.25, -0.2) is 0 Å². The van der Waals surface area contributed by atoms with Gasteiger partial charge in [0.05, 0.1) is 6.20 Å². The molecule has 114 valence electrons. The molecular formula is C14H20N4O2S. The van der Waals surface area contributed by atoms with Crippen molar-refractivity contribution in [1.29, 1.82) is 0 Å². The van der Waals surface area contributed by atoms with Crippen LogP contribution in [0, 0.1) is 0 Å². The summed E-state index contributed by atoms with van der Waals surface area (Å²) >= 11 is 0. The first-order chi connectivity index (χ1) is 9.94. The van der Waals surface area contributed by atoms with Gasteiger partial charge in [0.1, 0.15) is 0 Å². The summed E-state index contributed by atoms with van der Waals surface area (Å²) in [5.74, 6) is 0. The molecule has 0 radical (unpaired) electrons. The third-order valence-corrected chi connectivity index (χ3v) is 4.49.